The van der Waals surface area contributed by atoms with Crippen LogP contribution in [0.15, 0.2) is 24.3 Å². The molecule has 0 spiro atoms. The molecule has 0 N–H and O–H groups in total. The van der Waals surface area contributed by atoms with E-state index in [1.54, 1.807) is 0 Å². The van der Waals surface area contributed by atoms with Gasteiger partial charge in [0.25, 0.3) is 10.2 Å². The maximum atomic E-state index is 12.8. The Labute approximate surface area is 145 Å². The van der Waals surface area contributed by atoms with E-state index in [-0.39, 0.29) is 30.4 Å². The predicted octanol–water partition coefficient (Wildman–Crippen LogP) is 2.74. The van der Waals surface area contributed by atoms with Gasteiger partial charge in [0.2, 0.25) is 0 Å². The number of hydrogen-bond donors (Lipinski definition) is 0. The Hall–Kier alpha value is -1.32. The first-order valence-electron chi connectivity index (χ1n) is 8.11. The highest BCUT2D eigenvalue weighted by atomic mass is 32.2. The zero-order chi connectivity index (χ0) is 18.4. The lowest BCUT2D eigenvalue weighted by Gasteiger charge is -2.35. The van der Waals surface area contributed by atoms with Crippen LogP contribution < -0.4 is 4.74 Å². The Bertz CT molecular complexity index is 736. The minimum absolute atomic E-state index is 0.0486. The number of ether oxygens (including phenoxy) is 1. The average molecular weight is 378 g/mol. The molecule has 3 atom stereocenters. The van der Waals surface area contributed by atoms with E-state index in [4.69, 9.17) is 4.74 Å². The lowest BCUT2D eigenvalue weighted by atomic mass is 10.0. The molecule has 3 rings (SSSR count). The van der Waals surface area contributed by atoms with Crippen LogP contribution in [0.1, 0.15) is 24.8 Å². The number of halogens is 3. The smallest absolute Gasteiger partial charge is 0.416 e. The van der Waals surface area contributed by atoms with E-state index in [9.17, 15) is 21.6 Å². The fourth-order valence-electron chi connectivity index (χ4n) is 3.75. The molecule has 5 nitrogen and oxygen atoms in total. The van der Waals surface area contributed by atoms with Crippen LogP contribution >= 0.6 is 0 Å². The van der Waals surface area contributed by atoms with E-state index in [0.29, 0.717) is 0 Å². The SMILES string of the molecule is CN(C)S(=O)(=O)N1[C@@H]2CC[C@H](C2)[C@@H]1COc1cccc(C(F)(F)F)c1. The number of fused-ring (bicyclic) bond motifs is 2. The first kappa shape index (κ1) is 18.5. The average Bonchev–Trinajstić information content (AvgIpc) is 3.13. The second-order valence-electron chi connectivity index (χ2n) is 6.75. The molecule has 0 unspecified atom stereocenters. The Kier molecular flexibility index (Phi) is 4.76. The van der Waals surface area contributed by atoms with Crippen molar-refractivity contribution in [2.75, 3.05) is 20.7 Å². The highest BCUT2D eigenvalue weighted by Gasteiger charge is 2.52. The molecule has 25 heavy (non-hydrogen) atoms. The molecule has 2 bridgehead atoms. The molecule has 0 radical (unpaired) electrons. The fourth-order valence-corrected chi connectivity index (χ4v) is 5.27. The van der Waals surface area contributed by atoms with E-state index < -0.39 is 21.9 Å². The summed E-state index contributed by atoms with van der Waals surface area (Å²) in [6.07, 6.45) is -1.92. The largest absolute Gasteiger partial charge is 0.492 e. The molecule has 1 aromatic carbocycles. The molecular formula is C16H21F3N2O3S. The van der Waals surface area contributed by atoms with Crippen LogP contribution in [0.25, 0.3) is 0 Å². The van der Waals surface area contributed by atoms with Gasteiger partial charge in [-0.05, 0) is 43.4 Å². The summed E-state index contributed by atoms with van der Waals surface area (Å²) >= 11 is 0. The molecule has 2 fully saturated rings. The molecular weight excluding hydrogens is 357 g/mol. The van der Waals surface area contributed by atoms with Crippen molar-refractivity contribution in [3.05, 3.63) is 29.8 Å². The molecule has 1 saturated heterocycles. The monoisotopic (exact) mass is 378 g/mol. The lowest BCUT2D eigenvalue weighted by Crippen LogP contribution is -2.51. The summed E-state index contributed by atoms with van der Waals surface area (Å²) in [6.45, 7) is 0.0511. The molecule has 1 heterocycles. The summed E-state index contributed by atoms with van der Waals surface area (Å²) < 4.78 is 71.7. The second-order valence-corrected chi connectivity index (χ2v) is 8.80. The van der Waals surface area contributed by atoms with Crippen molar-refractivity contribution >= 4 is 10.2 Å². The van der Waals surface area contributed by atoms with Gasteiger partial charge in [-0.1, -0.05) is 6.07 Å². The second kappa shape index (κ2) is 6.44. The van der Waals surface area contributed by atoms with Crippen LogP contribution in [0.2, 0.25) is 0 Å². The van der Waals surface area contributed by atoms with E-state index in [2.05, 4.69) is 0 Å². The highest BCUT2D eigenvalue weighted by molar-refractivity contribution is 7.86. The van der Waals surface area contributed by atoms with Crippen LogP contribution in [0.4, 0.5) is 13.2 Å². The molecule has 1 aliphatic heterocycles. The van der Waals surface area contributed by atoms with E-state index in [1.807, 2.05) is 0 Å². The molecule has 140 valence electrons. The van der Waals surface area contributed by atoms with Gasteiger partial charge in [-0.25, -0.2) is 0 Å². The van der Waals surface area contributed by atoms with Crippen molar-refractivity contribution in [2.45, 2.75) is 37.5 Å². The van der Waals surface area contributed by atoms with Gasteiger partial charge in [0, 0.05) is 20.1 Å². The molecule has 0 aromatic heterocycles. The standard InChI is InChI=1S/C16H21F3N2O3S/c1-20(2)25(22,23)21-13-7-6-11(8-13)15(21)10-24-14-5-3-4-12(9-14)16(17,18)19/h3-5,9,11,13,15H,6-8,10H2,1-2H3/t11-,13-,15+/m1/s1. The van der Waals surface area contributed by atoms with Gasteiger partial charge < -0.3 is 4.74 Å². The molecule has 1 aromatic rings. The van der Waals surface area contributed by atoms with Crippen molar-refractivity contribution in [1.29, 1.82) is 0 Å². The minimum Gasteiger partial charge on any atom is -0.492 e. The Balaban J connectivity index is 1.76. The summed E-state index contributed by atoms with van der Waals surface area (Å²) in [5.74, 6) is 0.283. The van der Waals surface area contributed by atoms with E-state index >= 15 is 0 Å². The third kappa shape index (κ3) is 3.50. The van der Waals surface area contributed by atoms with Gasteiger partial charge in [-0.15, -0.1) is 0 Å². The van der Waals surface area contributed by atoms with Crippen molar-refractivity contribution in [2.24, 2.45) is 5.92 Å². The number of nitrogens with zero attached hydrogens (tertiary/aromatic N) is 2. The van der Waals surface area contributed by atoms with Crippen LogP contribution in [-0.4, -0.2) is 49.8 Å². The number of alkyl halides is 3. The zero-order valence-electron chi connectivity index (χ0n) is 14.0. The molecule has 2 aliphatic rings. The predicted molar refractivity (Wildman–Crippen MR) is 86.3 cm³/mol. The molecule has 1 aliphatic carbocycles. The van der Waals surface area contributed by atoms with Crippen LogP contribution in [0.5, 0.6) is 5.75 Å². The topological polar surface area (TPSA) is 49.9 Å². The molecule has 9 heteroatoms. The first-order valence-corrected chi connectivity index (χ1v) is 9.51. The third-order valence-electron chi connectivity index (χ3n) is 4.99. The minimum atomic E-state index is -4.44. The van der Waals surface area contributed by atoms with Crippen molar-refractivity contribution in [3.8, 4) is 5.75 Å². The first-order chi connectivity index (χ1) is 11.6. The quantitative estimate of drug-likeness (QED) is 0.792. The van der Waals surface area contributed by atoms with Gasteiger partial charge in [-0.3, -0.25) is 0 Å². The Morgan fingerprint density at radius 2 is 2.00 bits per heavy atom. The summed E-state index contributed by atoms with van der Waals surface area (Å²) in [5.41, 5.74) is -0.782. The summed E-state index contributed by atoms with van der Waals surface area (Å²) in [5, 5.41) is 0. The lowest BCUT2D eigenvalue weighted by molar-refractivity contribution is -0.137. The van der Waals surface area contributed by atoms with Crippen LogP contribution in [0, 0.1) is 5.92 Å². The van der Waals surface area contributed by atoms with Gasteiger partial charge in [0.15, 0.2) is 0 Å². The van der Waals surface area contributed by atoms with Gasteiger partial charge in [0.1, 0.15) is 12.4 Å². The summed E-state index contributed by atoms with van der Waals surface area (Å²) in [7, 11) is -0.629. The maximum absolute atomic E-state index is 12.8. The number of rotatable bonds is 5. The fraction of sp³-hybridized carbons (Fsp3) is 0.625. The number of piperidine rings is 1. The van der Waals surface area contributed by atoms with Gasteiger partial charge in [0.05, 0.1) is 11.6 Å². The van der Waals surface area contributed by atoms with Crippen molar-refractivity contribution in [3.63, 3.8) is 0 Å². The number of hydrogen-bond acceptors (Lipinski definition) is 3. The van der Waals surface area contributed by atoms with Crippen LogP contribution in [-0.2, 0) is 16.4 Å². The highest BCUT2D eigenvalue weighted by Crippen LogP contribution is 2.44. The van der Waals surface area contributed by atoms with E-state index in [0.717, 1.165) is 31.4 Å². The Morgan fingerprint density at radius 1 is 1.28 bits per heavy atom. The Morgan fingerprint density at radius 3 is 2.64 bits per heavy atom. The normalized spacial score (nSPS) is 27.2. The molecule has 0 amide bonds. The van der Waals surface area contributed by atoms with E-state index in [1.165, 1.54) is 34.8 Å². The molecule has 1 saturated carbocycles. The van der Waals surface area contributed by atoms with Crippen LogP contribution in [0.3, 0.4) is 0 Å². The maximum Gasteiger partial charge on any atom is 0.416 e. The third-order valence-corrected chi connectivity index (χ3v) is 7.01. The zero-order valence-corrected chi connectivity index (χ0v) is 14.8. The van der Waals surface area contributed by atoms with Gasteiger partial charge in [-0.2, -0.15) is 30.2 Å². The van der Waals surface area contributed by atoms with Crippen molar-refractivity contribution in [1.82, 2.24) is 8.61 Å². The van der Waals surface area contributed by atoms with Crippen molar-refractivity contribution < 1.29 is 26.3 Å². The summed E-state index contributed by atoms with van der Waals surface area (Å²) in [6, 6.07) is 4.26. The van der Waals surface area contributed by atoms with Gasteiger partial charge >= 0.3 is 6.18 Å². The summed E-state index contributed by atoms with van der Waals surface area (Å²) in [4.78, 5) is 0. The number of benzene rings is 1.